The Labute approximate surface area is 370 Å². The van der Waals surface area contributed by atoms with Crippen molar-refractivity contribution >= 4 is 23.2 Å². The van der Waals surface area contributed by atoms with Crippen LogP contribution in [0.15, 0.2) is 60.7 Å². The molecule has 2 amide bonds. The van der Waals surface area contributed by atoms with Gasteiger partial charge in [-0.15, -0.1) is 0 Å². The molecule has 336 valence electrons. The van der Waals surface area contributed by atoms with Crippen LogP contribution < -0.4 is 9.80 Å². The lowest BCUT2D eigenvalue weighted by Crippen LogP contribution is -2.58. The summed E-state index contributed by atoms with van der Waals surface area (Å²) in [5.41, 5.74) is 1.60. The zero-order valence-electron chi connectivity index (χ0n) is 38.8. The standard InChI is InChI=1S/C53H82N6O2/c1-42(2)44-22-26-46(27-23-44)54-36-30-52(31-37-54)50(60)56(40-58(52)48-18-12-10-13-19-48)34-16-8-6-5-7-9-17-35-57-41-59(49-20-14-11-15-21-49)53(51(57)61)32-38-55(39-33-53)47-28-24-45(25-29-47)43(3)4/h10-15,18-21,42-47H,5-9,16-17,22-41H2,1-4H3/t44-,45-,46+,47+. The topological polar surface area (TPSA) is 53.6 Å². The van der Waals surface area contributed by atoms with Crippen LogP contribution in [0.2, 0.25) is 0 Å². The average Bonchev–Trinajstić information content (AvgIpc) is 3.71. The lowest BCUT2D eigenvalue weighted by atomic mass is 9.78. The molecule has 4 aliphatic heterocycles. The molecule has 2 aromatic rings. The summed E-state index contributed by atoms with van der Waals surface area (Å²) in [7, 11) is 0. The van der Waals surface area contributed by atoms with Crippen LogP contribution in [0.5, 0.6) is 0 Å². The number of benzene rings is 2. The minimum absolute atomic E-state index is 0.373. The van der Waals surface area contributed by atoms with E-state index < -0.39 is 11.1 Å². The maximum Gasteiger partial charge on any atom is 0.250 e. The molecule has 2 aromatic carbocycles. The number of carbonyl (C=O) groups is 2. The first-order chi connectivity index (χ1) is 29.7. The molecule has 0 N–H and O–H groups in total. The number of unbranched alkanes of at least 4 members (excludes halogenated alkanes) is 6. The van der Waals surface area contributed by atoms with Gasteiger partial charge in [-0.25, -0.2) is 0 Å². The minimum atomic E-state index is -0.398. The molecule has 4 saturated heterocycles. The molecule has 0 radical (unpaired) electrons. The number of hydrogen-bond acceptors (Lipinski definition) is 6. The van der Waals surface area contributed by atoms with E-state index in [1.54, 1.807) is 0 Å². The molecule has 61 heavy (non-hydrogen) atoms. The van der Waals surface area contributed by atoms with E-state index in [9.17, 15) is 9.59 Å². The van der Waals surface area contributed by atoms with E-state index >= 15 is 0 Å². The molecule has 0 aromatic heterocycles. The highest BCUT2D eigenvalue weighted by Gasteiger charge is 2.55. The fourth-order valence-corrected chi connectivity index (χ4v) is 13.0. The van der Waals surface area contributed by atoms with Crippen LogP contribution in [0.1, 0.15) is 150 Å². The predicted molar refractivity (Wildman–Crippen MR) is 252 cm³/mol. The van der Waals surface area contributed by atoms with Gasteiger partial charge >= 0.3 is 0 Å². The van der Waals surface area contributed by atoms with Crippen molar-refractivity contribution in [2.45, 2.75) is 173 Å². The van der Waals surface area contributed by atoms with E-state index in [-0.39, 0.29) is 0 Å². The Morgan fingerprint density at radius 3 is 1.13 bits per heavy atom. The van der Waals surface area contributed by atoms with Gasteiger partial charge in [-0.1, -0.05) is 96.2 Å². The van der Waals surface area contributed by atoms with Crippen molar-refractivity contribution in [3.8, 4) is 0 Å². The number of hydrogen-bond donors (Lipinski definition) is 0. The molecular weight excluding hydrogens is 753 g/mol. The molecular formula is C53H82N6O2. The van der Waals surface area contributed by atoms with Crippen molar-refractivity contribution < 1.29 is 9.59 Å². The van der Waals surface area contributed by atoms with E-state index in [1.165, 1.54) is 94.8 Å². The van der Waals surface area contributed by atoms with Gasteiger partial charge in [0.25, 0.3) is 0 Å². The van der Waals surface area contributed by atoms with Gasteiger partial charge in [-0.3, -0.25) is 9.59 Å². The highest BCUT2D eigenvalue weighted by atomic mass is 16.2. The quantitative estimate of drug-likeness (QED) is 0.157. The van der Waals surface area contributed by atoms with E-state index in [4.69, 9.17) is 0 Å². The second kappa shape index (κ2) is 20.2. The van der Waals surface area contributed by atoms with Crippen molar-refractivity contribution in [3.63, 3.8) is 0 Å². The predicted octanol–water partition coefficient (Wildman–Crippen LogP) is 10.4. The molecule has 8 nitrogen and oxygen atoms in total. The van der Waals surface area contributed by atoms with Crippen molar-refractivity contribution in [1.29, 1.82) is 0 Å². The van der Waals surface area contributed by atoms with Crippen LogP contribution in [0.25, 0.3) is 0 Å². The Hall–Kier alpha value is -3.10. The number of carbonyl (C=O) groups excluding carboxylic acids is 2. The van der Waals surface area contributed by atoms with E-state index in [0.717, 1.165) is 115 Å². The summed E-state index contributed by atoms with van der Waals surface area (Å²) in [6.07, 6.45) is 22.6. The highest BCUT2D eigenvalue weighted by molar-refractivity contribution is 5.94. The van der Waals surface area contributed by atoms with Gasteiger partial charge in [0.1, 0.15) is 11.1 Å². The van der Waals surface area contributed by atoms with Crippen LogP contribution in [0, 0.1) is 23.7 Å². The number of para-hydroxylation sites is 2. The van der Waals surface area contributed by atoms with Crippen LogP contribution in [0.4, 0.5) is 11.4 Å². The maximum absolute atomic E-state index is 14.4. The van der Waals surface area contributed by atoms with E-state index in [2.05, 4.69) is 118 Å². The van der Waals surface area contributed by atoms with Crippen molar-refractivity contribution in [3.05, 3.63) is 60.7 Å². The van der Waals surface area contributed by atoms with Gasteiger partial charge in [-0.2, -0.15) is 0 Å². The van der Waals surface area contributed by atoms with Gasteiger partial charge in [0.15, 0.2) is 0 Å². The average molecular weight is 835 g/mol. The Kier molecular flexibility index (Phi) is 14.7. The van der Waals surface area contributed by atoms with Gasteiger partial charge in [0.2, 0.25) is 11.8 Å². The van der Waals surface area contributed by atoms with E-state index in [1.807, 2.05) is 0 Å². The zero-order valence-corrected chi connectivity index (χ0v) is 38.8. The zero-order chi connectivity index (χ0) is 42.4. The summed E-state index contributed by atoms with van der Waals surface area (Å²) in [6.45, 7) is 16.9. The fourth-order valence-electron chi connectivity index (χ4n) is 13.0. The minimum Gasteiger partial charge on any atom is -0.339 e. The molecule has 8 rings (SSSR count). The number of likely N-dealkylation sites (tertiary alicyclic amines) is 2. The lowest BCUT2D eigenvalue weighted by Gasteiger charge is -2.47. The third-order valence-electron chi connectivity index (χ3n) is 17.2. The second-order valence-corrected chi connectivity index (χ2v) is 21.2. The first-order valence-electron chi connectivity index (χ1n) is 25.4. The SMILES string of the molecule is CC(C)[C@H]1CC[C@@H](N2CCC3(CC2)C(=O)N(CCCCCCCCCN2CN(c4ccccc4)C4(CCN([C@H]5CC[C@@H](C(C)C)CC5)CC4)C2=O)CN3c2ccccc2)CC1. The maximum atomic E-state index is 14.4. The molecule has 4 heterocycles. The first-order valence-corrected chi connectivity index (χ1v) is 25.4. The van der Waals surface area contributed by atoms with Crippen LogP contribution in [-0.2, 0) is 9.59 Å². The van der Waals surface area contributed by atoms with Gasteiger partial charge < -0.3 is 29.4 Å². The Morgan fingerprint density at radius 1 is 0.475 bits per heavy atom. The third-order valence-corrected chi connectivity index (χ3v) is 17.2. The molecule has 2 aliphatic carbocycles. The largest absolute Gasteiger partial charge is 0.339 e. The molecule has 0 atom stereocenters. The lowest BCUT2D eigenvalue weighted by molar-refractivity contribution is -0.134. The third kappa shape index (κ3) is 9.71. The summed E-state index contributed by atoms with van der Waals surface area (Å²) >= 11 is 0. The highest BCUT2D eigenvalue weighted by Crippen LogP contribution is 2.44. The Balaban J connectivity index is 0.763. The second-order valence-electron chi connectivity index (χ2n) is 21.2. The molecule has 0 bridgehead atoms. The summed E-state index contributed by atoms with van der Waals surface area (Å²) in [6, 6.07) is 22.9. The number of amides is 2. The van der Waals surface area contributed by atoms with Gasteiger partial charge in [-0.05, 0) is 138 Å². The number of nitrogens with zero attached hydrogens (tertiary/aromatic N) is 6. The van der Waals surface area contributed by atoms with Gasteiger partial charge in [0.05, 0.1) is 13.3 Å². The number of rotatable bonds is 16. The molecule has 6 fully saturated rings. The molecule has 0 unspecified atom stereocenters. The normalized spacial score (nSPS) is 27.4. The van der Waals surface area contributed by atoms with Crippen molar-refractivity contribution in [1.82, 2.24) is 19.6 Å². The van der Waals surface area contributed by atoms with Crippen molar-refractivity contribution in [2.24, 2.45) is 23.7 Å². The first kappa shape index (κ1) is 44.5. The van der Waals surface area contributed by atoms with Crippen LogP contribution >= 0.6 is 0 Å². The van der Waals surface area contributed by atoms with Crippen LogP contribution in [0.3, 0.4) is 0 Å². The number of anilines is 2. The Morgan fingerprint density at radius 2 is 0.803 bits per heavy atom. The number of piperidine rings is 2. The summed E-state index contributed by atoms with van der Waals surface area (Å²) in [5.74, 6) is 4.11. The van der Waals surface area contributed by atoms with Gasteiger partial charge in [0, 0.05) is 62.7 Å². The van der Waals surface area contributed by atoms with Crippen LogP contribution in [-0.4, -0.2) is 107 Å². The molecule has 8 heteroatoms. The smallest absolute Gasteiger partial charge is 0.250 e. The monoisotopic (exact) mass is 835 g/mol. The fraction of sp³-hybridized carbons (Fsp3) is 0.736. The molecule has 2 saturated carbocycles. The molecule has 2 spiro atoms. The Bertz CT molecular complexity index is 1540. The summed E-state index contributed by atoms with van der Waals surface area (Å²) in [5, 5.41) is 0. The van der Waals surface area contributed by atoms with E-state index in [0.29, 0.717) is 23.9 Å². The van der Waals surface area contributed by atoms with Crippen molar-refractivity contribution in [2.75, 3.05) is 62.4 Å². The molecule has 6 aliphatic rings. The summed E-state index contributed by atoms with van der Waals surface area (Å²) in [4.78, 5) is 43.6. The summed E-state index contributed by atoms with van der Waals surface area (Å²) < 4.78 is 0.